The molecule has 158 valence electrons. The second-order valence-electron chi connectivity index (χ2n) is 9.10. The van der Waals surface area contributed by atoms with Gasteiger partial charge in [0.05, 0.1) is 23.4 Å². The number of benzene rings is 1. The number of hydrogen-bond donors (Lipinski definition) is 0. The van der Waals surface area contributed by atoms with Crippen molar-refractivity contribution >= 4 is 11.8 Å². The Kier molecular flexibility index (Phi) is 5.84. The van der Waals surface area contributed by atoms with Gasteiger partial charge in [0.15, 0.2) is 0 Å². The van der Waals surface area contributed by atoms with Crippen molar-refractivity contribution in [3.05, 3.63) is 59.9 Å². The summed E-state index contributed by atoms with van der Waals surface area (Å²) in [5, 5.41) is 7.56. The van der Waals surface area contributed by atoms with Crippen LogP contribution in [0, 0.1) is 11.3 Å². The van der Waals surface area contributed by atoms with E-state index in [1.807, 2.05) is 11.0 Å². The maximum absolute atomic E-state index is 13.6. The summed E-state index contributed by atoms with van der Waals surface area (Å²) in [6.45, 7) is 6.36. The number of amides is 2. The van der Waals surface area contributed by atoms with Gasteiger partial charge in [-0.1, -0.05) is 44.2 Å². The quantitative estimate of drug-likeness (QED) is 0.765. The van der Waals surface area contributed by atoms with Crippen LogP contribution in [-0.2, 0) is 11.2 Å². The lowest BCUT2D eigenvalue weighted by molar-refractivity contribution is -0.139. The largest absolute Gasteiger partial charge is 0.339 e. The number of aromatic nitrogens is 2. The maximum Gasteiger partial charge on any atom is 0.255 e. The molecule has 0 saturated carbocycles. The zero-order valence-electron chi connectivity index (χ0n) is 17.8. The maximum atomic E-state index is 13.6. The van der Waals surface area contributed by atoms with Crippen molar-refractivity contribution in [1.82, 2.24) is 20.0 Å². The van der Waals surface area contributed by atoms with Crippen molar-refractivity contribution in [1.29, 1.82) is 0 Å². The fourth-order valence-electron chi connectivity index (χ4n) is 4.97. The third kappa shape index (κ3) is 4.09. The highest BCUT2D eigenvalue weighted by atomic mass is 16.2. The van der Waals surface area contributed by atoms with Gasteiger partial charge in [-0.15, -0.1) is 0 Å². The molecule has 0 radical (unpaired) electrons. The van der Waals surface area contributed by atoms with Crippen molar-refractivity contribution in [3.8, 4) is 0 Å². The topological polar surface area (TPSA) is 66.4 Å². The van der Waals surface area contributed by atoms with E-state index in [1.54, 1.807) is 6.07 Å². The van der Waals surface area contributed by atoms with Gasteiger partial charge in [-0.2, -0.15) is 10.2 Å². The summed E-state index contributed by atoms with van der Waals surface area (Å²) < 4.78 is 0. The van der Waals surface area contributed by atoms with Gasteiger partial charge in [-0.3, -0.25) is 9.59 Å². The Labute approximate surface area is 178 Å². The number of carbonyl (C=O) groups excluding carboxylic acids is 2. The van der Waals surface area contributed by atoms with Gasteiger partial charge in [0.1, 0.15) is 0 Å². The molecule has 2 fully saturated rings. The van der Waals surface area contributed by atoms with Crippen LogP contribution < -0.4 is 0 Å². The summed E-state index contributed by atoms with van der Waals surface area (Å²) in [5.41, 5.74) is 1.50. The third-order valence-corrected chi connectivity index (χ3v) is 6.50. The van der Waals surface area contributed by atoms with Gasteiger partial charge < -0.3 is 9.80 Å². The van der Waals surface area contributed by atoms with Crippen molar-refractivity contribution in [2.75, 3.05) is 19.6 Å². The van der Waals surface area contributed by atoms with Crippen LogP contribution in [0.1, 0.15) is 49.0 Å². The van der Waals surface area contributed by atoms with Gasteiger partial charge in [0.2, 0.25) is 5.91 Å². The van der Waals surface area contributed by atoms with E-state index in [1.165, 1.54) is 18.0 Å². The standard InChI is InChI=1S/C24H30N4O2/c1-18(2)17-28-21(14-19-6-4-3-5-7-19)15-24(23(28)30)9-12-27(13-10-24)22(29)20-8-11-25-26-16-20/h3-8,11,16,18,21H,9-10,12-15,17H2,1-2H3/t21-/m1/s1. The Hall–Kier alpha value is -2.76. The van der Waals surface area contributed by atoms with Crippen molar-refractivity contribution in [3.63, 3.8) is 0 Å². The lowest BCUT2D eigenvalue weighted by Gasteiger charge is -2.38. The van der Waals surface area contributed by atoms with Gasteiger partial charge in [-0.25, -0.2) is 0 Å². The normalized spacial score (nSPS) is 20.9. The van der Waals surface area contributed by atoms with Crippen LogP contribution in [-0.4, -0.2) is 57.5 Å². The molecule has 1 spiro atoms. The Morgan fingerprint density at radius 2 is 1.87 bits per heavy atom. The van der Waals surface area contributed by atoms with E-state index in [9.17, 15) is 9.59 Å². The van der Waals surface area contributed by atoms with Crippen molar-refractivity contribution < 1.29 is 9.59 Å². The molecule has 1 aromatic heterocycles. The first-order valence-corrected chi connectivity index (χ1v) is 10.9. The highest BCUT2D eigenvalue weighted by Crippen LogP contribution is 2.45. The Bertz CT molecular complexity index is 877. The lowest BCUT2D eigenvalue weighted by Crippen LogP contribution is -2.47. The number of likely N-dealkylation sites (tertiary alicyclic amines) is 2. The first kappa shape index (κ1) is 20.5. The van der Waals surface area contributed by atoms with Crippen molar-refractivity contribution in [2.45, 2.75) is 45.6 Å². The minimum atomic E-state index is -0.332. The van der Waals surface area contributed by atoms with E-state index >= 15 is 0 Å². The minimum absolute atomic E-state index is 0.0231. The minimum Gasteiger partial charge on any atom is -0.339 e. The molecule has 2 aliphatic heterocycles. The molecule has 4 rings (SSSR count). The summed E-state index contributed by atoms with van der Waals surface area (Å²) in [4.78, 5) is 30.3. The number of rotatable bonds is 5. The van der Waals surface area contributed by atoms with Gasteiger partial charge in [-0.05, 0) is 43.2 Å². The van der Waals surface area contributed by atoms with E-state index in [4.69, 9.17) is 0 Å². The van der Waals surface area contributed by atoms with Crippen molar-refractivity contribution in [2.24, 2.45) is 11.3 Å². The van der Waals surface area contributed by atoms with Crippen LogP contribution >= 0.6 is 0 Å². The SMILES string of the molecule is CC(C)CN1C(=O)C2(CCN(C(=O)c3ccnnc3)CC2)C[C@H]1Cc1ccccc1. The molecular formula is C24H30N4O2. The first-order chi connectivity index (χ1) is 14.5. The predicted molar refractivity (Wildman–Crippen MR) is 115 cm³/mol. The monoisotopic (exact) mass is 406 g/mol. The predicted octanol–water partition coefficient (Wildman–Crippen LogP) is 3.20. The molecule has 2 aliphatic rings. The Morgan fingerprint density at radius 3 is 2.50 bits per heavy atom. The molecule has 1 atom stereocenters. The summed E-state index contributed by atoms with van der Waals surface area (Å²) in [6, 6.07) is 12.4. The zero-order valence-corrected chi connectivity index (χ0v) is 17.8. The van der Waals surface area contributed by atoms with E-state index in [0.717, 1.165) is 32.2 Å². The first-order valence-electron chi connectivity index (χ1n) is 10.9. The molecular weight excluding hydrogens is 376 g/mol. The second kappa shape index (κ2) is 8.54. The molecule has 0 N–H and O–H groups in total. The fourth-order valence-corrected chi connectivity index (χ4v) is 4.97. The smallest absolute Gasteiger partial charge is 0.255 e. The molecule has 6 heteroatoms. The van der Waals surface area contributed by atoms with Crippen LogP contribution in [0.2, 0.25) is 0 Å². The summed E-state index contributed by atoms with van der Waals surface area (Å²) in [7, 11) is 0. The average Bonchev–Trinajstić information content (AvgIpc) is 3.00. The molecule has 0 unspecified atom stereocenters. The molecule has 2 aromatic rings. The zero-order chi connectivity index (χ0) is 21.1. The lowest BCUT2D eigenvalue weighted by atomic mass is 9.75. The Morgan fingerprint density at radius 1 is 1.13 bits per heavy atom. The molecule has 2 amide bonds. The molecule has 30 heavy (non-hydrogen) atoms. The van der Waals surface area contributed by atoms with E-state index in [2.05, 4.69) is 53.2 Å². The van der Waals surface area contributed by atoms with Crippen LogP contribution in [0.25, 0.3) is 0 Å². The highest BCUT2D eigenvalue weighted by Gasteiger charge is 2.52. The average molecular weight is 407 g/mol. The third-order valence-electron chi connectivity index (χ3n) is 6.50. The summed E-state index contributed by atoms with van der Waals surface area (Å²) in [6.07, 6.45) is 6.29. The van der Waals surface area contributed by atoms with Gasteiger partial charge >= 0.3 is 0 Å². The van der Waals surface area contributed by atoms with Crippen LogP contribution in [0.3, 0.4) is 0 Å². The highest BCUT2D eigenvalue weighted by molar-refractivity contribution is 5.94. The Balaban J connectivity index is 1.48. The molecule has 6 nitrogen and oxygen atoms in total. The number of piperidine rings is 1. The number of nitrogens with zero attached hydrogens (tertiary/aromatic N) is 4. The number of hydrogen-bond acceptors (Lipinski definition) is 4. The van der Waals surface area contributed by atoms with Crippen LogP contribution in [0.4, 0.5) is 0 Å². The van der Waals surface area contributed by atoms with Gasteiger partial charge in [0.25, 0.3) is 5.91 Å². The number of carbonyl (C=O) groups is 2. The van der Waals surface area contributed by atoms with E-state index in [0.29, 0.717) is 24.6 Å². The molecule has 2 saturated heterocycles. The molecule has 0 bridgehead atoms. The molecule has 3 heterocycles. The van der Waals surface area contributed by atoms with Crippen LogP contribution in [0.5, 0.6) is 0 Å². The second-order valence-corrected chi connectivity index (χ2v) is 9.10. The summed E-state index contributed by atoms with van der Waals surface area (Å²) in [5.74, 6) is 0.697. The van der Waals surface area contributed by atoms with E-state index < -0.39 is 0 Å². The van der Waals surface area contributed by atoms with Gasteiger partial charge in [0, 0.05) is 25.7 Å². The summed E-state index contributed by atoms with van der Waals surface area (Å²) >= 11 is 0. The fraction of sp³-hybridized carbons (Fsp3) is 0.500. The molecule has 1 aromatic carbocycles. The van der Waals surface area contributed by atoms with Crippen LogP contribution in [0.15, 0.2) is 48.8 Å². The van der Waals surface area contributed by atoms with E-state index in [-0.39, 0.29) is 23.3 Å². The molecule has 0 aliphatic carbocycles.